The topological polar surface area (TPSA) is 114 Å². The maximum Gasteiger partial charge on any atom is 0.335 e. The molecule has 124 valence electrons. The lowest BCUT2D eigenvalue weighted by molar-refractivity contribution is 0.0696. The van der Waals surface area contributed by atoms with E-state index in [4.69, 9.17) is 5.11 Å². The van der Waals surface area contributed by atoms with Gasteiger partial charge in [0.2, 0.25) is 10.0 Å². The van der Waals surface area contributed by atoms with E-state index < -0.39 is 22.0 Å². The molecule has 0 spiro atoms. The summed E-state index contributed by atoms with van der Waals surface area (Å²) in [6.07, 6.45) is 2.86. The summed E-state index contributed by atoms with van der Waals surface area (Å²) < 4.78 is 29.2. The van der Waals surface area contributed by atoms with Crippen molar-refractivity contribution in [2.75, 3.05) is 0 Å². The van der Waals surface area contributed by atoms with Crippen molar-refractivity contribution in [3.8, 4) is 0 Å². The van der Waals surface area contributed by atoms with Crippen LogP contribution in [-0.2, 0) is 16.6 Å². The average molecular weight is 338 g/mol. The number of sulfonamides is 1. The van der Waals surface area contributed by atoms with E-state index in [0.29, 0.717) is 17.7 Å². The molecule has 2 rings (SSSR count). The highest BCUT2D eigenvalue weighted by atomic mass is 32.2. The Morgan fingerprint density at radius 3 is 2.65 bits per heavy atom. The molecule has 1 unspecified atom stereocenters. The van der Waals surface area contributed by atoms with E-state index in [1.54, 1.807) is 20.8 Å². The summed E-state index contributed by atoms with van der Waals surface area (Å²) in [6.45, 7) is 5.34. The standard InChI is InChI=1S/C14H18N4O4S/c1-9-4-12(14(19)20)5-13(11(9)3)23(21,22)17-10(2)6-18-8-15-7-16-18/h4-5,7-8,10,17H,6H2,1-3H3,(H,19,20). The predicted molar refractivity (Wildman–Crippen MR) is 82.7 cm³/mol. The van der Waals surface area contributed by atoms with Crippen LogP contribution in [0.4, 0.5) is 0 Å². The summed E-state index contributed by atoms with van der Waals surface area (Å²) in [7, 11) is -3.85. The summed E-state index contributed by atoms with van der Waals surface area (Å²) in [5, 5.41) is 13.0. The minimum Gasteiger partial charge on any atom is -0.478 e. The number of nitrogens with one attached hydrogen (secondary N) is 1. The van der Waals surface area contributed by atoms with Gasteiger partial charge in [-0.2, -0.15) is 5.10 Å². The molecule has 2 aromatic rings. The largest absolute Gasteiger partial charge is 0.478 e. The van der Waals surface area contributed by atoms with Crippen LogP contribution in [0.5, 0.6) is 0 Å². The van der Waals surface area contributed by atoms with Crippen LogP contribution in [0.3, 0.4) is 0 Å². The first-order chi connectivity index (χ1) is 10.7. The fraction of sp³-hybridized carbons (Fsp3) is 0.357. The summed E-state index contributed by atoms with van der Waals surface area (Å²) in [6, 6.07) is 2.19. The van der Waals surface area contributed by atoms with Gasteiger partial charge in [0, 0.05) is 6.04 Å². The Balaban J connectivity index is 2.30. The van der Waals surface area contributed by atoms with Crippen LogP contribution in [0.1, 0.15) is 28.4 Å². The highest BCUT2D eigenvalue weighted by molar-refractivity contribution is 7.89. The Morgan fingerprint density at radius 2 is 2.09 bits per heavy atom. The zero-order valence-electron chi connectivity index (χ0n) is 13.0. The van der Waals surface area contributed by atoms with Crippen LogP contribution >= 0.6 is 0 Å². The lowest BCUT2D eigenvalue weighted by Gasteiger charge is -2.16. The summed E-state index contributed by atoms with van der Waals surface area (Å²) in [4.78, 5) is 14.9. The number of rotatable bonds is 6. The second-order valence-corrected chi connectivity index (χ2v) is 7.04. The maximum atomic E-state index is 12.6. The Morgan fingerprint density at radius 1 is 1.39 bits per heavy atom. The monoisotopic (exact) mass is 338 g/mol. The van der Waals surface area contributed by atoms with Gasteiger partial charge < -0.3 is 5.11 Å². The molecule has 23 heavy (non-hydrogen) atoms. The smallest absolute Gasteiger partial charge is 0.335 e. The Kier molecular flexibility index (Phi) is 4.81. The number of carbonyl (C=O) groups is 1. The second-order valence-electron chi connectivity index (χ2n) is 5.36. The van der Waals surface area contributed by atoms with Crippen LogP contribution in [-0.4, -0.2) is 40.3 Å². The molecule has 0 amide bonds. The molecule has 0 radical (unpaired) electrons. The number of aromatic carboxylic acids is 1. The van der Waals surface area contributed by atoms with E-state index in [1.165, 1.54) is 29.5 Å². The fourth-order valence-electron chi connectivity index (χ4n) is 2.20. The van der Waals surface area contributed by atoms with Gasteiger partial charge in [-0.25, -0.2) is 22.9 Å². The molecule has 0 fully saturated rings. The molecular formula is C14H18N4O4S. The van der Waals surface area contributed by atoms with Crippen molar-refractivity contribution in [2.45, 2.75) is 38.3 Å². The molecule has 8 nitrogen and oxygen atoms in total. The Hall–Kier alpha value is -2.26. The summed E-state index contributed by atoms with van der Waals surface area (Å²) in [5.41, 5.74) is 1.07. The third kappa shape index (κ3) is 3.93. The maximum absolute atomic E-state index is 12.6. The molecular weight excluding hydrogens is 320 g/mol. The average Bonchev–Trinajstić information content (AvgIpc) is 2.93. The number of carboxylic acids is 1. The molecule has 1 heterocycles. The highest BCUT2D eigenvalue weighted by Crippen LogP contribution is 2.21. The normalized spacial score (nSPS) is 13.0. The molecule has 1 aromatic carbocycles. The molecule has 0 aliphatic carbocycles. The van der Waals surface area contributed by atoms with Gasteiger partial charge in [0.1, 0.15) is 12.7 Å². The number of hydrogen-bond donors (Lipinski definition) is 2. The first-order valence-electron chi connectivity index (χ1n) is 6.90. The third-order valence-electron chi connectivity index (χ3n) is 3.44. The Labute approximate surface area is 134 Å². The van der Waals surface area contributed by atoms with E-state index in [-0.39, 0.29) is 10.5 Å². The molecule has 9 heteroatoms. The van der Waals surface area contributed by atoms with Crippen LogP contribution < -0.4 is 4.72 Å². The quantitative estimate of drug-likeness (QED) is 0.811. The second kappa shape index (κ2) is 6.47. The first kappa shape index (κ1) is 17.1. The molecule has 1 atom stereocenters. The van der Waals surface area contributed by atoms with Crippen molar-refractivity contribution in [1.29, 1.82) is 0 Å². The first-order valence-corrected chi connectivity index (χ1v) is 8.38. The van der Waals surface area contributed by atoms with Crippen LogP contribution in [0.25, 0.3) is 0 Å². The van der Waals surface area contributed by atoms with Gasteiger partial charge in [0.15, 0.2) is 0 Å². The van der Waals surface area contributed by atoms with E-state index in [0.717, 1.165) is 0 Å². The molecule has 0 aliphatic rings. The van der Waals surface area contributed by atoms with Gasteiger partial charge in [0.05, 0.1) is 17.0 Å². The minimum absolute atomic E-state index is 0.0275. The van der Waals surface area contributed by atoms with Gasteiger partial charge in [-0.15, -0.1) is 0 Å². The molecule has 2 N–H and O–H groups in total. The number of benzene rings is 1. The fourth-order valence-corrected chi connectivity index (χ4v) is 3.78. The van der Waals surface area contributed by atoms with Crippen LogP contribution in [0.2, 0.25) is 0 Å². The van der Waals surface area contributed by atoms with E-state index in [2.05, 4.69) is 14.8 Å². The highest BCUT2D eigenvalue weighted by Gasteiger charge is 2.22. The van der Waals surface area contributed by atoms with Gasteiger partial charge in [0.25, 0.3) is 0 Å². The van der Waals surface area contributed by atoms with Gasteiger partial charge >= 0.3 is 5.97 Å². The molecule has 0 bridgehead atoms. The number of carboxylic acid groups (broad SMARTS) is 1. The zero-order valence-corrected chi connectivity index (χ0v) is 13.8. The summed E-state index contributed by atoms with van der Waals surface area (Å²) >= 11 is 0. The Bertz CT molecular complexity index is 816. The van der Waals surface area contributed by atoms with Crippen molar-refractivity contribution in [3.05, 3.63) is 41.5 Å². The van der Waals surface area contributed by atoms with Gasteiger partial charge in [-0.05, 0) is 44.0 Å². The van der Waals surface area contributed by atoms with Crippen molar-refractivity contribution in [2.24, 2.45) is 0 Å². The lowest BCUT2D eigenvalue weighted by Crippen LogP contribution is -2.36. The zero-order chi connectivity index (χ0) is 17.2. The number of hydrogen-bond acceptors (Lipinski definition) is 5. The third-order valence-corrected chi connectivity index (χ3v) is 5.16. The van der Waals surface area contributed by atoms with Crippen molar-refractivity contribution in [1.82, 2.24) is 19.5 Å². The van der Waals surface area contributed by atoms with Gasteiger partial charge in [-0.3, -0.25) is 4.68 Å². The van der Waals surface area contributed by atoms with E-state index in [1.807, 2.05) is 0 Å². The van der Waals surface area contributed by atoms with Crippen molar-refractivity contribution in [3.63, 3.8) is 0 Å². The SMILES string of the molecule is Cc1cc(C(=O)O)cc(S(=O)(=O)NC(C)Cn2cncn2)c1C. The van der Waals surface area contributed by atoms with Crippen molar-refractivity contribution >= 4 is 16.0 Å². The molecule has 1 aromatic heterocycles. The molecule has 0 saturated heterocycles. The summed E-state index contributed by atoms with van der Waals surface area (Å²) in [5.74, 6) is -1.17. The van der Waals surface area contributed by atoms with E-state index >= 15 is 0 Å². The van der Waals surface area contributed by atoms with Crippen LogP contribution in [0.15, 0.2) is 29.7 Å². The molecule has 0 saturated carbocycles. The molecule has 0 aliphatic heterocycles. The van der Waals surface area contributed by atoms with Gasteiger partial charge in [-0.1, -0.05) is 0 Å². The minimum atomic E-state index is -3.85. The van der Waals surface area contributed by atoms with E-state index in [9.17, 15) is 13.2 Å². The number of nitrogens with zero attached hydrogens (tertiary/aromatic N) is 3. The lowest BCUT2D eigenvalue weighted by atomic mass is 10.1. The number of aryl methyl sites for hydroxylation is 1. The predicted octanol–water partition coefficient (Wildman–Crippen LogP) is 0.960. The van der Waals surface area contributed by atoms with Crippen LogP contribution in [0, 0.1) is 13.8 Å². The number of aromatic nitrogens is 3. The van der Waals surface area contributed by atoms with Crippen molar-refractivity contribution < 1.29 is 18.3 Å².